The number of anilines is 1. The maximum Gasteiger partial charge on any atom is 0.321 e. The number of likely N-dealkylation sites (tertiary alicyclic amines) is 1. The first-order valence-corrected chi connectivity index (χ1v) is 8.21. The smallest absolute Gasteiger partial charge is 0.321 e. The number of nitrogens with zero attached hydrogens (tertiary/aromatic N) is 2. The number of carbonyl (C=O) groups is 1. The molecule has 2 aromatic rings. The summed E-state index contributed by atoms with van der Waals surface area (Å²) in [6.07, 6.45) is 2.17. The first kappa shape index (κ1) is 16.4. The van der Waals surface area contributed by atoms with E-state index in [1.807, 2.05) is 50.2 Å². The van der Waals surface area contributed by atoms with Gasteiger partial charge in [-0.25, -0.2) is 9.18 Å². The Morgan fingerprint density at radius 2 is 1.83 bits per heavy atom. The van der Waals surface area contributed by atoms with Crippen molar-refractivity contribution < 1.29 is 9.18 Å². The number of halogens is 1. The molecule has 24 heavy (non-hydrogen) atoms. The Kier molecular flexibility index (Phi) is 4.51. The van der Waals surface area contributed by atoms with E-state index in [0.29, 0.717) is 18.8 Å². The fourth-order valence-corrected chi connectivity index (χ4v) is 3.10. The van der Waals surface area contributed by atoms with Gasteiger partial charge in [-0.15, -0.1) is 0 Å². The van der Waals surface area contributed by atoms with Crippen molar-refractivity contribution in [2.75, 3.05) is 18.4 Å². The highest BCUT2D eigenvalue weighted by atomic mass is 19.1. The number of pyridine rings is 1. The third-order valence-corrected chi connectivity index (χ3v) is 4.58. The van der Waals surface area contributed by atoms with Gasteiger partial charge in [-0.2, -0.15) is 0 Å². The van der Waals surface area contributed by atoms with Gasteiger partial charge in [0.05, 0.1) is 5.69 Å². The average Bonchev–Trinajstić information content (AvgIpc) is 2.58. The zero-order valence-corrected chi connectivity index (χ0v) is 14.1. The Hall–Kier alpha value is -2.43. The topological polar surface area (TPSA) is 45.2 Å². The third kappa shape index (κ3) is 3.40. The number of carbonyl (C=O) groups excluding carboxylic acids is 1. The van der Waals surface area contributed by atoms with Crippen molar-refractivity contribution in [2.45, 2.75) is 32.4 Å². The molecular weight excluding hydrogens is 305 g/mol. The van der Waals surface area contributed by atoms with Crippen LogP contribution >= 0.6 is 0 Å². The molecule has 1 aliphatic heterocycles. The summed E-state index contributed by atoms with van der Waals surface area (Å²) >= 11 is 0. The number of rotatable bonds is 2. The third-order valence-electron chi connectivity index (χ3n) is 4.58. The second-order valence-corrected chi connectivity index (χ2v) is 6.42. The van der Waals surface area contributed by atoms with Crippen molar-refractivity contribution >= 4 is 11.7 Å². The van der Waals surface area contributed by atoms with Crippen molar-refractivity contribution in [1.29, 1.82) is 0 Å². The summed E-state index contributed by atoms with van der Waals surface area (Å²) in [5, 5.41) is 2.87. The molecule has 0 spiro atoms. The fraction of sp³-hybridized carbons (Fsp3) is 0.368. The molecule has 0 saturated carbocycles. The van der Waals surface area contributed by atoms with Gasteiger partial charge in [0.15, 0.2) is 5.67 Å². The maximum atomic E-state index is 15.3. The number of aryl methyl sites for hydroxylation is 2. The van der Waals surface area contributed by atoms with Crippen LogP contribution in [0, 0.1) is 13.8 Å². The lowest BCUT2D eigenvalue weighted by Crippen LogP contribution is -2.45. The molecule has 1 aromatic carbocycles. The molecule has 0 unspecified atom stereocenters. The number of hydrogen-bond acceptors (Lipinski definition) is 2. The predicted molar refractivity (Wildman–Crippen MR) is 92.8 cm³/mol. The molecule has 2 heterocycles. The highest BCUT2D eigenvalue weighted by Crippen LogP contribution is 2.37. The van der Waals surface area contributed by atoms with Crippen LogP contribution in [0.4, 0.5) is 14.9 Å². The number of hydrogen-bond donors (Lipinski definition) is 1. The fourth-order valence-electron chi connectivity index (χ4n) is 3.10. The van der Waals surface area contributed by atoms with E-state index in [0.717, 1.165) is 16.8 Å². The van der Waals surface area contributed by atoms with Crippen LogP contribution in [0.2, 0.25) is 0 Å². The molecule has 5 heteroatoms. The number of aromatic nitrogens is 1. The van der Waals surface area contributed by atoms with Gasteiger partial charge in [-0.1, -0.05) is 23.8 Å². The molecule has 1 fully saturated rings. The van der Waals surface area contributed by atoms with Gasteiger partial charge in [0, 0.05) is 37.8 Å². The Morgan fingerprint density at radius 3 is 2.46 bits per heavy atom. The largest absolute Gasteiger partial charge is 0.324 e. The molecule has 1 saturated heterocycles. The Bertz CT molecular complexity index is 722. The molecule has 1 aromatic heterocycles. The van der Waals surface area contributed by atoms with Crippen LogP contribution in [-0.2, 0) is 5.67 Å². The first-order valence-electron chi connectivity index (χ1n) is 8.21. The van der Waals surface area contributed by atoms with E-state index in [1.165, 1.54) is 0 Å². The van der Waals surface area contributed by atoms with Gasteiger partial charge in [0.1, 0.15) is 0 Å². The van der Waals surface area contributed by atoms with E-state index < -0.39 is 5.67 Å². The summed E-state index contributed by atoms with van der Waals surface area (Å²) in [7, 11) is 0. The number of alkyl halides is 1. The van der Waals surface area contributed by atoms with E-state index in [9.17, 15) is 4.79 Å². The van der Waals surface area contributed by atoms with Crippen molar-refractivity contribution in [2.24, 2.45) is 0 Å². The summed E-state index contributed by atoms with van der Waals surface area (Å²) in [5.74, 6) is 0. The van der Waals surface area contributed by atoms with Crippen molar-refractivity contribution in [3.8, 4) is 0 Å². The summed E-state index contributed by atoms with van der Waals surface area (Å²) in [5.41, 5.74) is 1.80. The van der Waals surface area contributed by atoms with Crippen molar-refractivity contribution in [3.05, 3.63) is 59.4 Å². The van der Waals surface area contributed by atoms with Crippen LogP contribution in [0.3, 0.4) is 0 Å². The zero-order valence-electron chi connectivity index (χ0n) is 14.1. The minimum Gasteiger partial charge on any atom is -0.324 e. The summed E-state index contributed by atoms with van der Waals surface area (Å²) in [4.78, 5) is 18.2. The van der Waals surface area contributed by atoms with E-state index in [2.05, 4.69) is 10.3 Å². The lowest BCUT2D eigenvalue weighted by molar-refractivity contribution is 0.0677. The number of urea groups is 1. The Morgan fingerprint density at radius 1 is 1.17 bits per heavy atom. The second kappa shape index (κ2) is 6.59. The molecular formula is C19H22FN3O. The zero-order chi connectivity index (χ0) is 17.2. The molecule has 4 nitrogen and oxygen atoms in total. The second-order valence-electron chi connectivity index (χ2n) is 6.42. The number of piperidine rings is 1. The first-order chi connectivity index (χ1) is 11.5. The van der Waals surface area contributed by atoms with Gasteiger partial charge >= 0.3 is 6.03 Å². The monoisotopic (exact) mass is 327 g/mol. The minimum absolute atomic E-state index is 0.182. The molecule has 1 aliphatic rings. The van der Waals surface area contributed by atoms with E-state index in [4.69, 9.17) is 0 Å². The van der Waals surface area contributed by atoms with Crippen LogP contribution in [0.15, 0.2) is 42.6 Å². The lowest BCUT2D eigenvalue weighted by atomic mass is 9.87. The number of nitrogens with one attached hydrogen (secondary N) is 1. The highest BCUT2D eigenvalue weighted by molar-refractivity contribution is 5.89. The van der Waals surface area contributed by atoms with E-state index in [-0.39, 0.29) is 18.9 Å². The summed E-state index contributed by atoms with van der Waals surface area (Å²) < 4.78 is 15.3. The van der Waals surface area contributed by atoms with Crippen LogP contribution < -0.4 is 5.32 Å². The van der Waals surface area contributed by atoms with Gasteiger partial charge in [0.2, 0.25) is 0 Å². The Labute approximate surface area is 141 Å². The molecule has 126 valence electrons. The molecule has 0 aliphatic carbocycles. The molecule has 0 atom stereocenters. The summed E-state index contributed by atoms with van der Waals surface area (Å²) in [6, 6.07) is 11.1. The minimum atomic E-state index is -1.45. The van der Waals surface area contributed by atoms with Crippen LogP contribution in [0.25, 0.3) is 0 Å². The lowest BCUT2D eigenvalue weighted by Gasteiger charge is -2.36. The van der Waals surface area contributed by atoms with Gasteiger partial charge < -0.3 is 10.2 Å². The normalized spacial score (nSPS) is 16.7. The van der Waals surface area contributed by atoms with Crippen LogP contribution in [-0.4, -0.2) is 29.0 Å². The van der Waals surface area contributed by atoms with E-state index >= 15 is 4.39 Å². The quantitative estimate of drug-likeness (QED) is 0.899. The van der Waals surface area contributed by atoms with E-state index in [1.54, 1.807) is 11.1 Å². The highest BCUT2D eigenvalue weighted by Gasteiger charge is 2.39. The van der Waals surface area contributed by atoms with Crippen LogP contribution in [0.1, 0.15) is 29.7 Å². The Balaban J connectivity index is 1.63. The van der Waals surface area contributed by atoms with Crippen molar-refractivity contribution in [3.63, 3.8) is 0 Å². The number of amides is 2. The predicted octanol–water partition coefficient (Wildman–Crippen LogP) is 4.19. The standard InChI is InChI=1S/C19H22FN3O/c1-14-5-7-16(8-6-14)22-18(24)23-12-9-19(20,10-13-23)17-15(2)4-3-11-21-17/h3-8,11H,9-10,12-13H2,1-2H3,(H,22,24). The van der Waals surface area contributed by atoms with Gasteiger partial charge in [-0.3, -0.25) is 4.98 Å². The van der Waals surface area contributed by atoms with Crippen molar-refractivity contribution in [1.82, 2.24) is 9.88 Å². The molecule has 1 N–H and O–H groups in total. The molecule has 3 rings (SSSR count). The maximum absolute atomic E-state index is 15.3. The molecule has 0 radical (unpaired) electrons. The number of benzene rings is 1. The average molecular weight is 327 g/mol. The van der Waals surface area contributed by atoms with Gasteiger partial charge in [-0.05, 0) is 37.6 Å². The summed E-state index contributed by atoms with van der Waals surface area (Å²) in [6.45, 7) is 4.63. The molecule has 0 bridgehead atoms. The van der Waals surface area contributed by atoms with Gasteiger partial charge in [0.25, 0.3) is 0 Å². The molecule has 2 amide bonds. The van der Waals surface area contributed by atoms with Crippen LogP contribution in [0.5, 0.6) is 0 Å². The SMILES string of the molecule is Cc1ccc(NC(=O)N2CCC(F)(c3ncccc3C)CC2)cc1.